The maximum absolute atomic E-state index is 12.5. The van der Waals surface area contributed by atoms with Gasteiger partial charge in [-0.05, 0) is 41.5 Å². The van der Waals surface area contributed by atoms with Gasteiger partial charge in [-0.15, -0.1) is 0 Å². The smallest absolute Gasteiger partial charge is 0.335 e. The van der Waals surface area contributed by atoms with Crippen molar-refractivity contribution in [3.8, 4) is 11.5 Å². The van der Waals surface area contributed by atoms with Crippen molar-refractivity contribution >= 4 is 18.0 Å². The highest BCUT2D eigenvalue weighted by Crippen LogP contribution is 2.40. The number of carboxylic acid groups (broad SMARTS) is 1. The molecule has 2 fully saturated rings. The van der Waals surface area contributed by atoms with E-state index in [0.717, 1.165) is 0 Å². The molecule has 11 nitrogen and oxygen atoms in total. The van der Waals surface area contributed by atoms with E-state index in [9.17, 15) is 40.2 Å². The van der Waals surface area contributed by atoms with Crippen LogP contribution >= 0.6 is 0 Å². The standard InChI is InChI=1S/C24H24O11/c25-10-16-18(27)19(28)20(29)24(34-16)33-14-7-3-12(4-8-14)21-17(22(30)31)15(23(32)35-21)9-11-1-5-13(26)6-2-11/h1-9,16-21,24-29H,10H2,(H,30,31)/b15-9-/t16-,17+,18+,19+,20+,21+,24-/m0/s1. The van der Waals surface area contributed by atoms with E-state index in [4.69, 9.17) is 14.2 Å². The van der Waals surface area contributed by atoms with Gasteiger partial charge in [-0.2, -0.15) is 0 Å². The maximum atomic E-state index is 12.5. The molecule has 0 aromatic heterocycles. The van der Waals surface area contributed by atoms with Crippen LogP contribution in [-0.2, 0) is 19.1 Å². The third-order valence-corrected chi connectivity index (χ3v) is 5.90. The molecule has 0 amide bonds. The molecule has 2 heterocycles. The first-order chi connectivity index (χ1) is 16.7. The lowest BCUT2D eigenvalue weighted by atomic mass is 9.90. The van der Waals surface area contributed by atoms with E-state index in [1.165, 1.54) is 54.6 Å². The molecule has 186 valence electrons. The molecule has 11 heteroatoms. The number of aliphatic carboxylic acids is 1. The van der Waals surface area contributed by atoms with E-state index in [0.29, 0.717) is 11.1 Å². The lowest BCUT2D eigenvalue weighted by Crippen LogP contribution is -2.60. The van der Waals surface area contributed by atoms with Crippen molar-refractivity contribution in [3.63, 3.8) is 0 Å². The van der Waals surface area contributed by atoms with Crippen LogP contribution in [0, 0.1) is 5.92 Å². The number of cyclic esters (lactones) is 1. The minimum absolute atomic E-state index is 0.0276. The van der Waals surface area contributed by atoms with Crippen LogP contribution in [-0.4, -0.2) is 79.9 Å². The zero-order valence-corrected chi connectivity index (χ0v) is 18.2. The molecule has 6 N–H and O–H groups in total. The van der Waals surface area contributed by atoms with Crippen LogP contribution in [0.3, 0.4) is 0 Å². The quantitative estimate of drug-likeness (QED) is 0.237. The van der Waals surface area contributed by atoms with Crippen LogP contribution in [0.4, 0.5) is 0 Å². The van der Waals surface area contributed by atoms with E-state index in [2.05, 4.69) is 0 Å². The lowest BCUT2D eigenvalue weighted by molar-refractivity contribution is -0.277. The molecule has 2 saturated heterocycles. The molecule has 4 rings (SSSR count). The molecular formula is C24H24O11. The van der Waals surface area contributed by atoms with Gasteiger partial charge in [0.1, 0.15) is 47.9 Å². The molecular weight excluding hydrogens is 464 g/mol. The Balaban J connectivity index is 1.53. The Bertz CT molecular complexity index is 1090. The van der Waals surface area contributed by atoms with Gasteiger partial charge < -0.3 is 44.8 Å². The summed E-state index contributed by atoms with van der Waals surface area (Å²) in [7, 11) is 0. The SMILES string of the molecule is O=C1O[C@H](c2ccc(O[C@H]3O[C@@H](CO)[C@@H](O)[C@@H](O)[C@H]3O)cc2)[C@H](C(=O)O)/C1=C/c1ccc(O)cc1. The highest BCUT2D eigenvalue weighted by molar-refractivity contribution is 6.02. The minimum Gasteiger partial charge on any atom is -0.508 e. The topological polar surface area (TPSA) is 183 Å². The summed E-state index contributed by atoms with van der Waals surface area (Å²) in [5.41, 5.74) is 0.848. The maximum Gasteiger partial charge on any atom is 0.335 e. The highest BCUT2D eigenvalue weighted by Gasteiger charge is 2.46. The van der Waals surface area contributed by atoms with Crippen molar-refractivity contribution in [2.45, 2.75) is 36.8 Å². The second-order valence-electron chi connectivity index (χ2n) is 8.22. The number of hydrogen-bond donors (Lipinski definition) is 6. The lowest BCUT2D eigenvalue weighted by Gasteiger charge is -2.39. The Labute approximate surface area is 199 Å². The van der Waals surface area contributed by atoms with Crippen molar-refractivity contribution in [1.29, 1.82) is 0 Å². The van der Waals surface area contributed by atoms with Crippen molar-refractivity contribution in [2.24, 2.45) is 5.92 Å². The van der Waals surface area contributed by atoms with Crippen LogP contribution in [0.15, 0.2) is 54.1 Å². The Hall–Kier alpha value is -3.48. The Kier molecular flexibility index (Phi) is 7.05. The van der Waals surface area contributed by atoms with Gasteiger partial charge in [-0.3, -0.25) is 4.79 Å². The number of esters is 1. The summed E-state index contributed by atoms with van der Waals surface area (Å²) in [5, 5.41) is 58.4. The molecule has 2 aliphatic heterocycles. The van der Waals surface area contributed by atoms with Crippen LogP contribution in [0.25, 0.3) is 6.08 Å². The van der Waals surface area contributed by atoms with Crippen molar-refractivity contribution < 1.29 is 54.4 Å². The molecule has 35 heavy (non-hydrogen) atoms. The summed E-state index contributed by atoms with van der Waals surface area (Å²) >= 11 is 0. The molecule has 0 radical (unpaired) electrons. The molecule has 2 aromatic carbocycles. The average molecular weight is 488 g/mol. The third-order valence-electron chi connectivity index (χ3n) is 5.90. The summed E-state index contributed by atoms with van der Waals surface area (Å²) < 4.78 is 16.2. The number of aliphatic hydroxyl groups excluding tert-OH is 4. The van der Waals surface area contributed by atoms with Gasteiger partial charge >= 0.3 is 11.9 Å². The van der Waals surface area contributed by atoms with Gasteiger partial charge in [0.25, 0.3) is 0 Å². The van der Waals surface area contributed by atoms with Crippen molar-refractivity contribution in [3.05, 3.63) is 65.2 Å². The summed E-state index contributed by atoms with van der Waals surface area (Å²) in [5.74, 6) is -3.12. The molecule has 2 aromatic rings. The minimum atomic E-state index is -1.60. The van der Waals surface area contributed by atoms with Gasteiger partial charge in [0.05, 0.1) is 12.2 Å². The van der Waals surface area contributed by atoms with Gasteiger partial charge in [0.15, 0.2) is 0 Å². The van der Waals surface area contributed by atoms with Crippen molar-refractivity contribution in [1.82, 2.24) is 0 Å². The van der Waals surface area contributed by atoms with Gasteiger partial charge in [-0.1, -0.05) is 24.3 Å². The van der Waals surface area contributed by atoms with Crippen LogP contribution in [0.1, 0.15) is 17.2 Å². The number of aliphatic hydroxyl groups is 4. The number of carbonyl (C=O) groups excluding carboxylic acids is 1. The first kappa shape index (κ1) is 24.6. The van der Waals surface area contributed by atoms with Crippen LogP contribution in [0.5, 0.6) is 11.5 Å². The fraction of sp³-hybridized carbons (Fsp3) is 0.333. The number of carboxylic acids is 1. The molecule has 0 bridgehead atoms. The highest BCUT2D eigenvalue weighted by atomic mass is 16.7. The first-order valence-corrected chi connectivity index (χ1v) is 10.7. The Morgan fingerprint density at radius 3 is 2.23 bits per heavy atom. The molecule has 0 spiro atoms. The number of rotatable bonds is 6. The number of ether oxygens (including phenoxy) is 3. The predicted octanol–water partition coefficient (Wildman–Crippen LogP) is -0.0468. The summed E-state index contributed by atoms with van der Waals surface area (Å²) in [4.78, 5) is 24.5. The largest absolute Gasteiger partial charge is 0.508 e. The zero-order chi connectivity index (χ0) is 25.3. The molecule has 0 saturated carbocycles. The molecule has 0 unspecified atom stereocenters. The van der Waals surface area contributed by atoms with Crippen LogP contribution < -0.4 is 4.74 Å². The Morgan fingerprint density at radius 2 is 1.63 bits per heavy atom. The van der Waals surface area contributed by atoms with Gasteiger partial charge in [-0.25, -0.2) is 4.79 Å². The number of aromatic hydroxyl groups is 1. The normalized spacial score (nSPS) is 31.8. The second-order valence-corrected chi connectivity index (χ2v) is 8.22. The second kappa shape index (κ2) is 10.0. The third kappa shape index (κ3) is 4.99. The number of phenolic OH excluding ortho intramolecular Hbond substituents is 1. The average Bonchev–Trinajstić information content (AvgIpc) is 3.17. The van der Waals surface area contributed by atoms with Gasteiger partial charge in [0, 0.05) is 0 Å². The Morgan fingerprint density at radius 1 is 0.971 bits per heavy atom. The van der Waals surface area contributed by atoms with E-state index < -0.39 is 61.3 Å². The van der Waals surface area contributed by atoms with Crippen molar-refractivity contribution in [2.75, 3.05) is 6.61 Å². The molecule has 7 atom stereocenters. The monoisotopic (exact) mass is 488 g/mol. The van der Waals surface area contributed by atoms with E-state index in [1.807, 2.05) is 0 Å². The van der Waals surface area contributed by atoms with E-state index >= 15 is 0 Å². The predicted molar refractivity (Wildman–Crippen MR) is 117 cm³/mol. The zero-order valence-electron chi connectivity index (χ0n) is 18.2. The van der Waals surface area contributed by atoms with Crippen LogP contribution in [0.2, 0.25) is 0 Å². The summed E-state index contributed by atoms with van der Waals surface area (Å²) in [6.45, 7) is -0.604. The number of phenols is 1. The van der Waals surface area contributed by atoms with E-state index in [1.54, 1.807) is 0 Å². The summed E-state index contributed by atoms with van der Waals surface area (Å²) in [6.07, 6.45) is -6.93. The fourth-order valence-corrected chi connectivity index (χ4v) is 4.00. The summed E-state index contributed by atoms with van der Waals surface area (Å²) in [6, 6.07) is 11.7. The molecule has 2 aliphatic rings. The number of carbonyl (C=O) groups is 2. The molecule has 0 aliphatic carbocycles. The number of benzene rings is 2. The fourth-order valence-electron chi connectivity index (χ4n) is 4.00. The van der Waals surface area contributed by atoms with E-state index in [-0.39, 0.29) is 17.1 Å². The number of hydrogen-bond acceptors (Lipinski definition) is 10. The first-order valence-electron chi connectivity index (χ1n) is 10.7. The van der Waals surface area contributed by atoms with Gasteiger partial charge in [0.2, 0.25) is 6.29 Å².